The molecule has 2 aliphatic carbocycles. The molecule has 0 unspecified atom stereocenters. The van der Waals surface area contributed by atoms with Crippen molar-refractivity contribution in [3.8, 4) is 0 Å². The van der Waals surface area contributed by atoms with E-state index >= 15 is 0 Å². The second kappa shape index (κ2) is 16.6. The maximum atomic E-state index is 11.9. The van der Waals surface area contributed by atoms with Crippen LogP contribution >= 0.6 is 0 Å². The lowest BCUT2D eigenvalue weighted by molar-refractivity contribution is 0.131. The molecule has 0 spiro atoms. The molecule has 1 aromatic rings. The summed E-state index contributed by atoms with van der Waals surface area (Å²) in [5.74, 6) is 0.797. The zero-order valence-corrected chi connectivity index (χ0v) is 26.1. The van der Waals surface area contributed by atoms with Crippen LogP contribution in [0.25, 0.3) is 0 Å². The number of amides is 1. The molecule has 2 aliphatic rings. The van der Waals surface area contributed by atoms with Crippen LogP contribution < -0.4 is 20.5 Å². The van der Waals surface area contributed by atoms with Crippen LogP contribution in [-0.4, -0.2) is 58.6 Å². The Morgan fingerprint density at radius 1 is 0.800 bits per heavy atom. The summed E-state index contributed by atoms with van der Waals surface area (Å²) in [7, 11) is -6.30. The number of benzene rings is 1. The summed E-state index contributed by atoms with van der Waals surface area (Å²) in [6.07, 6.45) is 7.20. The quantitative estimate of drug-likeness (QED) is 0.301. The number of ether oxygens (including phenoxy) is 1. The first kappa shape index (κ1) is 34.5. The Morgan fingerprint density at radius 2 is 1.25 bits per heavy atom. The largest absolute Gasteiger partial charge is 0.445 e. The van der Waals surface area contributed by atoms with Gasteiger partial charge in [0, 0.05) is 25.2 Å². The molecule has 12 heteroatoms. The second-order valence-corrected chi connectivity index (χ2v) is 16.2. The molecule has 3 rings (SSSR count). The van der Waals surface area contributed by atoms with Gasteiger partial charge in [-0.05, 0) is 96.5 Å². The molecule has 1 aromatic carbocycles. The fourth-order valence-corrected chi connectivity index (χ4v) is 6.24. The third-order valence-electron chi connectivity index (χ3n) is 7.66. The third kappa shape index (κ3) is 12.8. The van der Waals surface area contributed by atoms with Crippen LogP contribution in [0.4, 0.5) is 4.79 Å². The van der Waals surface area contributed by atoms with Gasteiger partial charge in [-0.15, -0.1) is 0 Å². The van der Waals surface area contributed by atoms with Gasteiger partial charge in [-0.25, -0.2) is 31.1 Å². The highest BCUT2D eigenvalue weighted by atomic mass is 32.2. The summed E-state index contributed by atoms with van der Waals surface area (Å²) in [6, 6.07) is 9.98. The molecule has 0 heterocycles. The van der Waals surface area contributed by atoms with Crippen LogP contribution in [-0.2, 0) is 31.4 Å². The first-order chi connectivity index (χ1) is 18.8. The molecule has 1 amide bonds. The lowest BCUT2D eigenvalue weighted by Crippen LogP contribution is -2.40. The predicted molar refractivity (Wildman–Crippen MR) is 160 cm³/mol. The number of nitrogens with one attached hydrogen (secondary N) is 3. The average molecular weight is 603 g/mol. The predicted octanol–water partition coefficient (Wildman–Crippen LogP) is 3.63. The van der Waals surface area contributed by atoms with Gasteiger partial charge >= 0.3 is 6.09 Å². The molecule has 0 atom stereocenters. The molecule has 0 aromatic heterocycles. The third-order valence-corrected chi connectivity index (χ3v) is 11.3. The van der Waals surface area contributed by atoms with E-state index in [1.807, 2.05) is 30.3 Å². The Hall–Kier alpha value is -1.73. The number of alkyl carbamates (subject to hydrolysis) is 1. The van der Waals surface area contributed by atoms with Gasteiger partial charge in [0.25, 0.3) is 0 Å². The monoisotopic (exact) mass is 602 g/mol. The van der Waals surface area contributed by atoms with Crippen molar-refractivity contribution in [2.75, 3.05) is 13.1 Å². The van der Waals surface area contributed by atoms with Crippen LogP contribution in [0.5, 0.6) is 0 Å². The summed E-state index contributed by atoms with van der Waals surface area (Å²) in [5.41, 5.74) is 6.75. The number of carbonyl (C=O) groups is 1. The normalized spacial score (nSPS) is 23.8. The molecular formula is C28H50N4O6S2. The minimum Gasteiger partial charge on any atom is -0.445 e. The Kier molecular flexibility index (Phi) is 14.3. The molecule has 0 aliphatic heterocycles. The number of hydrogen-bond donors (Lipinski definition) is 4. The molecule has 0 radical (unpaired) electrons. The van der Waals surface area contributed by atoms with E-state index in [0.29, 0.717) is 31.0 Å². The van der Waals surface area contributed by atoms with E-state index in [9.17, 15) is 21.6 Å². The number of nitrogens with two attached hydrogens (primary N) is 1. The zero-order chi connectivity index (χ0) is 29.8. The van der Waals surface area contributed by atoms with Crippen molar-refractivity contribution in [3.05, 3.63) is 35.9 Å². The topological polar surface area (TPSA) is 157 Å². The number of carbonyl (C=O) groups excluding carboxylic acids is 1. The van der Waals surface area contributed by atoms with Gasteiger partial charge < -0.3 is 15.8 Å². The Labute approximate surface area is 241 Å². The summed E-state index contributed by atoms with van der Waals surface area (Å²) in [4.78, 5) is 11.9. The summed E-state index contributed by atoms with van der Waals surface area (Å²) in [5, 5.41) is 2.14. The van der Waals surface area contributed by atoms with Crippen LogP contribution in [0.3, 0.4) is 0 Å². The van der Waals surface area contributed by atoms with E-state index in [-0.39, 0.29) is 17.9 Å². The number of hydrogen-bond acceptors (Lipinski definition) is 7. The molecule has 2 fully saturated rings. The van der Waals surface area contributed by atoms with Gasteiger partial charge in [-0.2, -0.15) is 0 Å². The second-order valence-electron chi connectivity index (χ2n) is 11.6. The van der Waals surface area contributed by atoms with Gasteiger partial charge in [0.2, 0.25) is 20.0 Å². The van der Waals surface area contributed by atoms with Gasteiger partial charge in [0.1, 0.15) is 6.61 Å². The molecule has 0 bridgehead atoms. The van der Waals surface area contributed by atoms with E-state index in [1.165, 1.54) is 0 Å². The molecule has 0 saturated heterocycles. The van der Waals surface area contributed by atoms with Gasteiger partial charge in [-0.1, -0.05) is 30.3 Å². The van der Waals surface area contributed by atoms with Crippen molar-refractivity contribution in [1.82, 2.24) is 14.8 Å². The fraction of sp³-hybridized carbons (Fsp3) is 0.750. The van der Waals surface area contributed by atoms with E-state index < -0.39 is 31.4 Å². The SMILES string of the molecule is CC(C)S(=O)(=O)NCC1CCC(N)CC1.CC(C)S(=O)(=O)NCC1CCC(NC(=O)OCc2ccccc2)CC1. The van der Waals surface area contributed by atoms with Crippen molar-refractivity contribution in [3.63, 3.8) is 0 Å². The maximum Gasteiger partial charge on any atom is 0.407 e. The Bertz CT molecular complexity index is 1080. The van der Waals surface area contributed by atoms with E-state index in [4.69, 9.17) is 10.5 Å². The Balaban J connectivity index is 0.000000319. The van der Waals surface area contributed by atoms with Crippen LogP contribution in [0.1, 0.15) is 84.6 Å². The lowest BCUT2D eigenvalue weighted by Gasteiger charge is -2.29. The zero-order valence-electron chi connectivity index (χ0n) is 24.5. The van der Waals surface area contributed by atoms with Crippen LogP contribution in [0, 0.1) is 11.8 Å². The van der Waals surface area contributed by atoms with Gasteiger partial charge in [0.05, 0.1) is 10.5 Å². The molecule has 5 N–H and O–H groups in total. The minimum atomic E-state index is -3.20. The fourth-order valence-electron chi connectivity index (χ4n) is 4.64. The highest BCUT2D eigenvalue weighted by molar-refractivity contribution is 7.90. The molecule has 2 saturated carbocycles. The molecular weight excluding hydrogens is 552 g/mol. The maximum absolute atomic E-state index is 11.9. The molecule has 40 heavy (non-hydrogen) atoms. The van der Waals surface area contributed by atoms with Gasteiger partial charge in [-0.3, -0.25) is 0 Å². The van der Waals surface area contributed by atoms with Crippen LogP contribution in [0.2, 0.25) is 0 Å². The van der Waals surface area contributed by atoms with Gasteiger partial charge in [0.15, 0.2) is 0 Å². The Morgan fingerprint density at radius 3 is 1.70 bits per heavy atom. The molecule has 230 valence electrons. The highest BCUT2D eigenvalue weighted by Gasteiger charge is 2.25. The van der Waals surface area contributed by atoms with Crippen LogP contribution in [0.15, 0.2) is 30.3 Å². The van der Waals surface area contributed by atoms with E-state index in [2.05, 4.69) is 14.8 Å². The smallest absolute Gasteiger partial charge is 0.407 e. The van der Waals surface area contributed by atoms with Crippen molar-refractivity contribution in [1.29, 1.82) is 0 Å². The first-order valence-corrected chi connectivity index (χ1v) is 17.6. The average Bonchev–Trinajstić information content (AvgIpc) is 2.92. The van der Waals surface area contributed by atoms with Crippen molar-refractivity contribution in [2.24, 2.45) is 17.6 Å². The summed E-state index contributed by atoms with van der Waals surface area (Å²) < 4.78 is 57.2. The minimum absolute atomic E-state index is 0.0984. The standard InChI is InChI=1S/C18H28N2O4S.C10H22N2O2S/c1-14(2)25(22,23)19-12-15-8-10-17(11-9-15)20-18(21)24-13-16-6-4-3-5-7-16;1-8(2)15(13,14)12-7-9-3-5-10(11)6-4-9/h3-7,14-15,17,19H,8-13H2,1-2H3,(H,20,21);8-10,12H,3-7,11H2,1-2H3. The lowest BCUT2D eigenvalue weighted by atomic mass is 9.86. The molecule has 10 nitrogen and oxygen atoms in total. The van der Waals surface area contributed by atoms with Crippen molar-refractivity contribution >= 4 is 26.1 Å². The number of rotatable bonds is 11. The van der Waals surface area contributed by atoms with Crippen molar-refractivity contribution < 1.29 is 26.4 Å². The van der Waals surface area contributed by atoms with Crippen molar-refractivity contribution in [2.45, 2.75) is 108 Å². The summed E-state index contributed by atoms with van der Waals surface area (Å²) in [6.45, 7) is 8.05. The highest BCUT2D eigenvalue weighted by Crippen LogP contribution is 2.24. The van der Waals surface area contributed by atoms with E-state index in [0.717, 1.165) is 56.9 Å². The van der Waals surface area contributed by atoms with E-state index in [1.54, 1.807) is 27.7 Å². The summed E-state index contributed by atoms with van der Waals surface area (Å²) >= 11 is 0. The number of sulfonamides is 2. The first-order valence-electron chi connectivity index (χ1n) is 14.5.